The fourth-order valence-electron chi connectivity index (χ4n) is 3.36. The number of aliphatic imine (C=N–C) groups is 1. The van der Waals surface area contributed by atoms with E-state index in [9.17, 15) is 8.42 Å². The first-order valence-electron chi connectivity index (χ1n) is 8.16. The Morgan fingerprint density at radius 3 is 2.61 bits per heavy atom. The van der Waals surface area contributed by atoms with Gasteiger partial charge in [-0.2, -0.15) is 0 Å². The van der Waals surface area contributed by atoms with E-state index in [-0.39, 0.29) is 4.90 Å². The highest BCUT2D eigenvalue weighted by atomic mass is 32.2. The van der Waals surface area contributed by atoms with Crippen molar-refractivity contribution in [1.29, 1.82) is 0 Å². The molecule has 126 valence electrons. The molecule has 23 heavy (non-hydrogen) atoms. The molecule has 0 spiro atoms. The standard InChI is InChI=1S/C16H24N4O2S/c1-13-7-5-6-10-15(13)20-11-17-16(18-12-20)19-23(21,22)14-8-3-2-4-9-14/h2-4,8-9,13,15H,5-7,10-12H2,1H3,(H2,17,18,19). The molecule has 1 aromatic rings. The van der Waals surface area contributed by atoms with Crippen molar-refractivity contribution in [2.24, 2.45) is 10.9 Å². The molecule has 0 saturated heterocycles. The van der Waals surface area contributed by atoms with Crippen LogP contribution >= 0.6 is 0 Å². The van der Waals surface area contributed by atoms with Crippen LogP contribution in [0.2, 0.25) is 0 Å². The number of guanidine groups is 1. The van der Waals surface area contributed by atoms with Crippen molar-refractivity contribution in [2.75, 3.05) is 13.3 Å². The zero-order valence-electron chi connectivity index (χ0n) is 13.4. The van der Waals surface area contributed by atoms with Gasteiger partial charge in [-0.3, -0.25) is 4.90 Å². The quantitative estimate of drug-likeness (QED) is 0.881. The topological polar surface area (TPSA) is 73.8 Å². The Hall–Kier alpha value is -1.60. The highest BCUT2D eigenvalue weighted by Gasteiger charge is 2.29. The van der Waals surface area contributed by atoms with Crippen molar-refractivity contribution in [3.8, 4) is 0 Å². The van der Waals surface area contributed by atoms with Gasteiger partial charge >= 0.3 is 0 Å². The van der Waals surface area contributed by atoms with Gasteiger partial charge < -0.3 is 5.32 Å². The van der Waals surface area contributed by atoms with Crippen LogP contribution in [0.5, 0.6) is 0 Å². The highest BCUT2D eigenvalue weighted by molar-refractivity contribution is 7.90. The summed E-state index contributed by atoms with van der Waals surface area (Å²) in [5.41, 5.74) is 0. The fourth-order valence-corrected chi connectivity index (χ4v) is 4.38. The lowest BCUT2D eigenvalue weighted by Crippen LogP contribution is -2.54. The Balaban J connectivity index is 1.63. The number of hydrogen-bond donors (Lipinski definition) is 2. The molecule has 0 amide bonds. The van der Waals surface area contributed by atoms with Crippen LogP contribution in [0, 0.1) is 5.92 Å². The average Bonchev–Trinajstić information content (AvgIpc) is 2.57. The molecular weight excluding hydrogens is 312 g/mol. The minimum atomic E-state index is -3.57. The van der Waals surface area contributed by atoms with E-state index in [1.54, 1.807) is 30.3 Å². The van der Waals surface area contributed by atoms with E-state index in [0.29, 0.717) is 31.3 Å². The van der Waals surface area contributed by atoms with E-state index < -0.39 is 10.0 Å². The third kappa shape index (κ3) is 3.84. The van der Waals surface area contributed by atoms with Gasteiger partial charge in [-0.15, -0.1) is 0 Å². The van der Waals surface area contributed by atoms with Crippen LogP contribution in [0.25, 0.3) is 0 Å². The van der Waals surface area contributed by atoms with Crippen LogP contribution in [0.1, 0.15) is 32.6 Å². The Bertz CT molecular complexity index is 660. The molecule has 1 heterocycles. The van der Waals surface area contributed by atoms with Gasteiger partial charge in [0.1, 0.15) is 0 Å². The molecule has 2 unspecified atom stereocenters. The molecule has 2 atom stereocenters. The lowest BCUT2D eigenvalue weighted by Gasteiger charge is -2.39. The Morgan fingerprint density at radius 1 is 1.22 bits per heavy atom. The number of sulfonamides is 1. The number of hydrogen-bond acceptors (Lipinski definition) is 5. The van der Waals surface area contributed by atoms with Crippen molar-refractivity contribution in [3.63, 3.8) is 0 Å². The zero-order chi connectivity index (χ0) is 16.3. The lowest BCUT2D eigenvalue weighted by molar-refractivity contribution is 0.106. The summed E-state index contributed by atoms with van der Waals surface area (Å²) in [4.78, 5) is 6.91. The average molecular weight is 336 g/mol. The molecule has 1 fully saturated rings. The van der Waals surface area contributed by atoms with Crippen LogP contribution in [0.3, 0.4) is 0 Å². The third-order valence-electron chi connectivity index (χ3n) is 4.68. The van der Waals surface area contributed by atoms with Crippen molar-refractivity contribution >= 4 is 16.0 Å². The fraction of sp³-hybridized carbons (Fsp3) is 0.562. The number of nitrogens with one attached hydrogen (secondary N) is 2. The summed E-state index contributed by atoms with van der Waals surface area (Å²) < 4.78 is 27.1. The van der Waals surface area contributed by atoms with E-state index >= 15 is 0 Å². The van der Waals surface area contributed by atoms with Crippen LogP contribution in [0.15, 0.2) is 40.2 Å². The molecule has 0 bridgehead atoms. The first kappa shape index (κ1) is 16.3. The second-order valence-corrected chi connectivity index (χ2v) is 8.00. The zero-order valence-corrected chi connectivity index (χ0v) is 14.2. The molecule has 0 radical (unpaired) electrons. The predicted octanol–water partition coefficient (Wildman–Crippen LogP) is 1.72. The summed E-state index contributed by atoms with van der Waals surface area (Å²) in [5, 5.41) is 3.10. The first-order chi connectivity index (χ1) is 11.1. The maximum absolute atomic E-state index is 12.3. The van der Waals surface area contributed by atoms with Crippen LogP contribution in [0.4, 0.5) is 0 Å². The summed E-state index contributed by atoms with van der Waals surface area (Å²) >= 11 is 0. The first-order valence-corrected chi connectivity index (χ1v) is 9.65. The molecule has 6 nitrogen and oxygen atoms in total. The predicted molar refractivity (Wildman–Crippen MR) is 90.3 cm³/mol. The Kier molecular flexibility index (Phi) is 4.87. The van der Waals surface area contributed by atoms with E-state index in [2.05, 4.69) is 26.9 Å². The maximum Gasteiger partial charge on any atom is 0.264 e. The second-order valence-electron chi connectivity index (χ2n) is 6.32. The van der Waals surface area contributed by atoms with E-state index in [1.807, 2.05) is 0 Å². The normalized spacial score (nSPS) is 26.2. The van der Waals surface area contributed by atoms with Gasteiger partial charge in [0.25, 0.3) is 10.0 Å². The van der Waals surface area contributed by atoms with Crippen molar-refractivity contribution in [2.45, 2.75) is 43.5 Å². The highest BCUT2D eigenvalue weighted by Crippen LogP contribution is 2.28. The van der Waals surface area contributed by atoms with E-state index in [4.69, 9.17) is 0 Å². The summed E-state index contributed by atoms with van der Waals surface area (Å²) in [5.74, 6) is 0.997. The largest absolute Gasteiger partial charge is 0.343 e. The summed E-state index contributed by atoms with van der Waals surface area (Å²) in [6.45, 7) is 3.46. The minimum absolute atomic E-state index is 0.243. The van der Waals surface area contributed by atoms with Gasteiger partial charge in [-0.25, -0.2) is 18.1 Å². The van der Waals surface area contributed by atoms with Crippen LogP contribution in [-0.2, 0) is 10.0 Å². The number of rotatable bonds is 3. The third-order valence-corrected chi connectivity index (χ3v) is 6.03. The van der Waals surface area contributed by atoms with Crippen molar-refractivity contribution in [3.05, 3.63) is 30.3 Å². The monoisotopic (exact) mass is 336 g/mol. The summed E-state index contributed by atoms with van der Waals surface area (Å²) in [6.07, 6.45) is 5.04. The smallest absolute Gasteiger partial charge is 0.264 e. The van der Waals surface area contributed by atoms with Gasteiger partial charge in [-0.05, 0) is 30.9 Å². The van der Waals surface area contributed by atoms with Gasteiger partial charge in [-0.1, -0.05) is 38.0 Å². The van der Waals surface area contributed by atoms with Gasteiger partial charge in [0.2, 0.25) is 5.96 Å². The molecule has 1 aliphatic heterocycles. The summed E-state index contributed by atoms with van der Waals surface area (Å²) in [6, 6.07) is 8.88. The number of nitrogens with zero attached hydrogens (tertiary/aromatic N) is 2. The molecule has 2 aliphatic rings. The van der Waals surface area contributed by atoms with Crippen molar-refractivity contribution < 1.29 is 8.42 Å². The molecule has 1 saturated carbocycles. The molecule has 0 aromatic heterocycles. The SMILES string of the molecule is CC1CCCCC1N1CN=C(NS(=O)(=O)c2ccccc2)NC1. The second kappa shape index (κ2) is 6.88. The molecule has 7 heteroatoms. The van der Waals surface area contributed by atoms with Crippen molar-refractivity contribution in [1.82, 2.24) is 14.9 Å². The van der Waals surface area contributed by atoms with Gasteiger partial charge in [0.15, 0.2) is 0 Å². The lowest BCUT2D eigenvalue weighted by atomic mass is 9.85. The minimum Gasteiger partial charge on any atom is -0.343 e. The molecule has 1 aliphatic carbocycles. The number of benzene rings is 1. The Labute approximate surface area is 138 Å². The van der Waals surface area contributed by atoms with Gasteiger partial charge in [0.05, 0.1) is 18.2 Å². The van der Waals surface area contributed by atoms with E-state index in [0.717, 1.165) is 0 Å². The molecular formula is C16H24N4O2S. The van der Waals surface area contributed by atoms with Gasteiger partial charge in [0, 0.05) is 6.04 Å². The Morgan fingerprint density at radius 2 is 1.96 bits per heavy atom. The molecule has 1 aromatic carbocycles. The maximum atomic E-state index is 12.3. The van der Waals surface area contributed by atoms with Crippen LogP contribution < -0.4 is 10.0 Å². The van der Waals surface area contributed by atoms with Crippen LogP contribution in [-0.4, -0.2) is 38.7 Å². The molecule has 2 N–H and O–H groups in total. The summed E-state index contributed by atoms with van der Waals surface area (Å²) in [7, 11) is -3.57. The molecule has 3 rings (SSSR count). The van der Waals surface area contributed by atoms with E-state index in [1.165, 1.54) is 25.7 Å².